The molecule has 0 radical (unpaired) electrons. The summed E-state index contributed by atoms with van der Waals surface area (Å²) in [6.45, 7) is 1.42. The number of primary amides is 1. The Morgan fingerprint density at radius 2 is 2.19 bits per heavy atom. The summed E-state index contributed by atoms with van der Waals surface area (Å²) < 4.78 is 5.31. The van der Waals surface area contributed by atoms with Crippen LogP contribution in [0.4, 0.5) is 0 Å². The molecule has 1 saturated heterocycles. The van der Waals surface area contributed by atoms with E-state index in [1.165, 1.54) is 0 Å². The molecule has 0 aromatic heterocycles. The molecule has 0 spiro atoms. The van der Waals surface area contributed by atoms with Crippen molar-refractivity contribution in [2.24, 2.45) is 11.7 Å². The van der Waals surface area contributed by atoms with Crippen LogP contribution in [-0.2, 0) is 4.79 Å². The lowest BCUT2D eigenvalue weighted by Gasteiger charge is -2.18. The molecule has 1 aromatic rings. The van der Waals surface area contributed by atoms with E-state index in [0.717, 1.165) is 17.9 Å². The van der Waals surface area contributed by atoms with Crippen molar-refractivity contribution in [2.75, 3.05) is 20.2 Å². The number of hydrogen-bond donors (Lipinski definition) is 2. The molecule has 4 heteroatoms. The highest BCUT2D eigenvalue weighted by Crippen LogP contribution is 2.33. The van der Waals surface area contributed by atoms with E-state index in [1.54, 1.807) is 7.11 Å². The molecule has 0 saturated carbocycles. The standard InChI is InChI=1S/C12H16N2O2/c1-16-11-5-3-2-4-8(11)9-6-14-7-10(9)12(13)15/h2-5,9-10,14H,6-7H2,1H3,(H2,13,15). The summed E-state index contributed by atoms with van der Waals surface area (Å²) in [4.78, 5) is 11.3. The van der Waals surface area contributed by atoms with Crippen LogP contribution < -0.4 is 15.8 Å². The molecule has 2 rings (SSSR count). The van der Waals surface area contributed by atoms with E-state index in [2.05, 4.69) is 5.32 Å². The number of para-hydroxylation sites is 1. The number of hydrogen-bond acceptors (Lipinski definition) is 3. The van der Waals surface area contributed by atoms with Gasteiger partial charge in [0.05, 0.1) is 13.0 Å². The average Bonchev–Trinajstić information content (AvgIpc) is 2.77. The third kappa shape index (κ3) is 1.88. The van der Waals surface area contributed by atoms with Crippen molar-refractivity contribution in [3.05, 3.63) is 29.8 Å². The van der Waals surface area contributed by atoms with Crippen molar-refractivity contribution in [2.45, 2.75) is 5.92 Å². The van der Waals surface area contributed by atoms with E-state index in [4.69, 9.17) is 10.5 Å². The largest absolute Gasteiger partial charge is 0.496 e. The van der Waals surface area contributed by atoms with Gasteiger partial charge in [0.2, 0.25) is 5.91 Å². The lowest BCUT2D eigenvalue weighted by Crippen LogP contribution is -2.28. The van der Waals surface area contributed by atoms with Crippen LogP contribution in [0.2, 0.25) is 0 Å². The summed E-state index contributed by atoms with van der Waals surface area (Å²) in [5.41, 5.74) is 6.45. The molecule has 4 nitrogen and oxygen atoms in total. The predicted octanol–water partition coefficient (Wildman–Crippen LogP) is 0.483. The molecule has 1 aliphatic rings. The zero-order chi connectivity index (χ0) is 11.5. The quantitative estimate of drug-likeness (QED) is 0.779. The summed E-state index contributed by atoms with van der Waals surface area (Å²) in [5, 5.41) is 3.20. The van der Waals surface area contributed by atoms with Gasteiger partial charge < -0.3 is 15.8 Å². The molecule has 0 aliphatic carbocycles. The maximum atomic E-state index is 11.3. The van der Waals surface area contributed by atoms with Gasteiger partial charge in [-0.1, -0.05) is 18.2 Å². The van der Waals surface area contributed by atoms with Crippen LogP contribution in [0.15, 0.2) is 24.3 Å². The third-order valence-electron chi connectivity index (χ3n) is 3.12. The first kappa shape index (κ1) is 11.0. The summed E-state index contributed by atoms with van der Waals surface area (Å²) in [6, 6.07) is 7.77. The van der Waals surface area contributed by atoms with E-state index < -0.39 is 0 Å². The molecule has 1 heterocycles. The van der Waals surface area contributed by atoms with Gasteiger partial charge in [0.25, 0.3) is 0 Å². The van der Waals surface area contributed by atoms with Crippen molar-refractivity contribution in [3.63, 3.8) is 0 Å². The Bertz CT molecular complexity index is 392. The average molecular weight is 220 g/mol. The molecular weight excluding hydrogens is 204 g/mol. The van der Waals surface area contributed by atoms with Gasteiger partial charge >= 0.3 is 0 Å². The number of amides is 1. The van der Waals surface area contributed by atoms with Gasteiger partial charge in [-0.15, -0.1) is 0 Å². The highest BCUT2D eigenvalue weighted by Gasteiger charge is 2.33. The fraction of sp³-hybridized carbons (Fsp3) is 0.417. The summed E-state index contributed by atoms with van der Waals surface area (Å²) in [5.74, 6) is 0.549. The van der Waals surface area contributed by atoms with Crippen molar-refractivity contribution in [1.82, 2.24) is 5.32 Å². The van der Waals surface area contributed by atoms with Gasteiger partial charge in [0.1, 0.15) is 5.75 Å². The van der Waals surface area contributed by atoms with Crippen molar-refractivity contribution in [1.29, 1.82) is 0 Å². The lowest BCUT2D eigenvalue weighted by atomic mass is 9.88. The van der Waals surface area contributed by atoms with Crippen LogP contribution >= 0.6 is 0 Å². The minimum Gasteiger partial charge on any atom is -0.496 e. The normalized spacial score (nSPS) is 24.3. The Labute approximate surface area is 94.8 Å². The van der Waals surface area contributed by atoms with Gasteiger partial charge in [-0.05, 0) is 11.6 Å². The van der Waals surface area contributed by atoms with Crippen LogP contribution in [0.25, 0.3) is 0 Å². The fourth-order valence-corrected chi connectivity index (χ4v) is 2.28. The van der Waals surface area contributed by atoms with Gasteiger partial charge in [-0.2, -0.15) is 0 Å². The number of carbonyl (C=O) groups is 1. The number of methoxy groups -OCH3 is 1. The highest BCUT2D eigenvalue weighted by molar-refractivity contribution is 5.78. The SMILES string of the molecule is COc1ccccc1C1CNCC1C(N)=O. The van der Waals surface area contributed by atoms with Crippen LogP contribution in [-0.4, -0.2) is 26.1 Å². The van der Waals surface area contributed by atoms with E-state index in [-0.39, 0.29) is 17.7 Å². The van der Waals surface area contributed by atoms with Crippen LogP contribution in [0, 0.1) is 5.92 Å². The zero-order valence-corrected chi connectivity index (χ0v) is 9.27. The van der Waals surface area contributed by atoms with Crippen molar-refractivity contribution < 1.29 is 9.53 Å². The Balaban J connectivity index is 2.32. The Morgan fingerprint density at radius 1 is 1.44 bits per heavy atom. The third-order valence-corrected chi connectivity index (χ3v) is 3.12. The van der Waals surface area contributed by atoms with E-state index >= 15 is 0 Å². The minimum absolute atomic E-state index is 0.119. The first-order valence-corrected chi connectivity index (χ1v) is 5.37. The molecular formula is C12H16N2O2. The maximum absolute atomic E-state index is 11.3. The molecule has 2 unspecified atom stereocenters. The van der Waals surface area contributed by atoms with Gasteiger partial charge in [-0.3, -0.25) is 4.79 Å². The van der Waals surface area contributed by atoms with E-state index in [9.17, 15) is 4.79 Å². The fourth-order valence-electron chi connectivity index (χ4n) is 2.28. The smallest absolute Gasteiger partial charge is 0.222 e. The molecule has 1 aromatic carbocycles. The zero-order valence-electron chi connectivity index (χ0n) is 9.27. The molecule has 16 heavy (non-hydrogen) atoms. The highest BCUT2D eigenvalue weighted by atomic mass is 16.5. The maximum Gasteiger partial charge on any atom is 0.222 e. The summed E-state index contributed by atoms with van der Waals surface area (Å²) >= 11 is 0. The van der Waals surface area contributed by atoms with Gasteiger partial charge in [0.15, 0.2) is 0 Å². The number of nitrogens with one attached hydrogen (secondary N) is 1. The molecule has 3 N–H and O–H groups in total. The van der Waals surface area contributed by atoms with E-state index in [0.29, 0.717) is 6.54 Å². The predicted molar refractivity (Wildman–Crippen MR) is 61.3 cm³/mol. The molecule has 2 atom stereocenters. The monoisotopic (exact) mass is 220 g/mol. The Kier molecular flexibility index (Phi) is 3.10. The Morgan fingerprint density at radius 3 is 2.88 bits per heavy atom. The van der Waals surface area contributed by atoms with Crippen molar-refractivity contribution in [3.8, 4) is 5.75 Å². The molecule has 1 aliphatic heterocycles. The summed E-state index contributed by atoms with van der Waals surface area (Å²) in [7, 11) is 1.64. The van der Waals surface area contributed by atoms with Crippen molar-refractivity contribution >= 4 is 5.91 Å². The second kappa shape index (κ2) is 4.53. The van der Waals surface area contributed by atoms with Gasteiger partial charge in [0, 0.05) is 19.0 Å². The van der Waals surface area contributed by atoms with E-state index in [1.807, 2.05) is 24.3 Å². The van der Waals surface area contributed by atoms with Gasteiger partial charge in [-0.25, -0.2) is 0 Å². The van der Waals surface area contributed by atoms with Crippen LogP contribution in [0.1, 0.15) is 11.5 Å². The topological polar surface area (TPSA) is 64.3 Å². The van der Waals surface area contributed by atoms with Crippen LogP contribution in [0.3, 0.4) is 0 Å². The first-order chi connectivity index (χ1) is 7.74. The summed E-state index contributed by atoms with van der Waals surface area (Å²) in [6.07, 6.45) is 0. The minimum atomic E-state index is -0.249. The Hall–Kier alpha value is -1.55. The molecule has 1 fully saturated rings. The number of benzene rings is 1. The number of ether oxygens (including phenoxy) is 1. The molecule has 0 bridgehead atoms. The first-order valence-electron chi connectivity index (χ1n) is 5.37. The number of rotatable bonds is 3. The van der Waals surface area contributed by atoms with Crippen LogP contribution in [0.5, 0.6) is 5.75 Å². The lowest BCUT2D eigenvalue weighted by molar-refractivity contribution is -0.121. The molecule has 86 valence electrons. The second-order valence-electron chi connectivity index (χ2n) is 4.02. The molecule has 1 amide bonds. The number of nitrogens with two attached hydrogens (primary N) is 1. The number of carbonyl (C=O) groups excluding carboxylic acids is 1. The second-order valence-corrected chi connectivity index (χ2v) is 4.02.